The Labute approximate surface area is 761 Å². The number of nitrogens with one attached hydrogen (secondary N) is 4. The molecule has 14 rings (SSSR count). The van der Waals surface area contributed by atoms with Crippen LogP contribution >= 0.6 is 0 Å². The molecular weight excluding hydrogens is 1570 g/mol. The number of rotatable bonds is 52. The first kappa shape index (κ1) is 92.4. The molecule has 12 heterocycles. The third kappa shape index (κ3) is 27.4. The van der Waals surface area contributed by atoms with Gasteiger partial charge in [0.1, 0.15) is 23.0 Å². The molecule has 4 aliphatic rings. The fourth-order valence-corrected chi connectivity index (χ4v) is 17.9. The molecule has 0 unspecified atom stereocenters. The summed E-state index contributed by atoms with van der Waals surface area (Å²) in [5, 5.41) is 0. The van der Waals surface area contributed by atoms with Gasteiger partial charge in [-0.25, -0.2) is 19.9 Å². The largest absolute Gasteiger partial charge is 0.493 e. The van der Waals surface area contributed by atoms with E-state index in [1.807, 2.05) is 49.1 Å². The summed E-state index contributed by atoms with van der Waals surface area (Å²) >= 11 is 0. The van der Waals surface area contributed by atoms with Gasteiger partial charge in [-0.1, -0.05) is 259 Å². The number of nitrogens with zero attached hydrogens (tertiary/aromatic N) is 6. The van der Waals surface area contributed by atoms with Crippen LogP contribution in [0.15, 0.2) is 146 Å². The molecule has 14 heteroatoms. The monoisotopic (exact) mass is 1710 g/mol. The minimum atomic E-state index is 0.615. The highest BCUT2D eigenvalue weighted by molar-refractivity contribution is 5.97. The lowest BCUT2D eigenvalue weighted by molar-refractivity contribution is 0.289. The van der Waals surface area contributed by atoms with E-state index in [0.29, 0.717) is 48.9 Å². The van der Waals surface area contributed by atoms with Crippen molar-refractivity contribution in [3.63, 3.8) is 0 Å². The second kappa shape index (κ2) is 50.7. The summed E-state index contributed by atoms with van der Waals surface area (Å²) in [6, 6.07) is 42.1. The molecule has 0 radical (unpaired) electrons. The minimum Gasteiger partial charge on any atom is -0.493 e. The summed E-state index contributed by atoms with van der Waals surface area (Å²) in [5.41, 5.74) is 21.6. The average Bonchev–Trinajstić information content (AvgIpc) is 1.61. The van der Waals surface area contributed by atoms with Crippen molar-refractivity contribution in [2.45, 2.75) is 285 Å². The predicted octanol–water partition coefficient (Wildman–Crippen LogP) is 31.7. The van der Waals surface area contributed by atoms with Crippen LogP contribution in [0.1, 0.15) is 341 Å². The number of unbranched alkanes of at least 4 members (excludes halogenated alkanes) is 36. The van der Waals surface area contributed by atoms with E-state index < -0.39 is 0 Å². The van der Waals surface area contributed by atoms with Crippen molar-refractivity contribution in [3.8, 4) is 91.2 Å². The number of H-pyrrole nitrogens is 4. The number of benzene rings is 2. The van der Waals surface area contributed by atoms with Gasteiger partial charge in [0, 0.05) is 92.3 Å². The maximum Gasteiger partial charge on any atom is 0.123 e. The van der Waals surface area contributed by atoms with E-state index in [4.69, 9.17) is 38.9 Å². The zero-order chi connectivity index (χ0) is 87.8. The molecule has 16 bridgehead atoms. The van der Waals surface area contributed by atoms with E-state index in [-0.39, 0.29) is 0 Å². The SMILES string of the molecule is CCCCCCCCCCCCOc1cc(OCCCCCCCCCCCC)cc(-c2c3nc(c(C#CC#Cc4c5nc(c(-c6ccncc6)c6ccc(cc7nc(c(-c8cc(OCCCCCCCCCCCC)cc(OCCCCCCCCCCCC)c8)c8ccc4[nH]8)C=C7)[nH]6)C=C5)c4ccc([nH]4)c(-c4ccncc4)c4nc(cc5ccc2[nH]5)C=C4)C=C3)c1. The van der Waals surface area contributed by atoms with Crippen LogP contribution in [0.25, 0.3) is 137 Å². The van der Waals surface area contributed by atoms with E-state index >= 15 is 0 Å². The first-order chi connectivity index (χ1) is 63.3. The smallest absolute Gasteiger partial charge is 0.123 e. The maximum atomic E-state index is 6.80. The number of aromatic nitrogens is 10. The van der Waals surface area contributed by atoms with Crippen LogP contribution < -0.4 is 18.9 Å². The van der Waals surface area contributed by atoms with Gasteiger partial charge in [0.05, 0.1) is 94.1 Å². The number of pyridine rings is 2. The highest BCUT2D eigenvalue weighted by Gasteiger charge is 2.22. The van der Waals surface area contributed by atoms with E-state index in [0.717, 1.165) is 197 Å². The van der Waals surface area contributed by atoms with Crippen LogP contribution in [0, 0.1) is 23.7 Å². The quantitative estimate of drug-likeness (QED) is 0.0212. The molecule has 0 fully saturated rings. The summed E-state index contributed by atoms with van der Waals surface area (Å²) in [6.07, 6.45) is 74.1. The Hall–Kier alpha value is -11.7. The summed E-state index contributed by atoms with van der Waals surface area (Å²) in [4.78, 5) is 46.2. The first-order valence-electron chi connectivity index (χ1n) is 49.3. The van der Waals surface area contributed by atoms with Gasteiger partial charge in [-0.2, -0.15) is 0 Å². The lowest BCUT2D eigenvalue weighted by atomic mass is 10.0. The number of hydrogen-bond donors (Lipinski definition) is 4. The van der Waals surface area contributed by atoms with Gasteiger partial charge in [0.2, 0.25) is 0 Å². The second-order valence-corrected chi connectivity index (χ2v) is 35.2. The van der Waals surface area contributed by atoms with Crippen molar-refractivity contribution >= 4 is 92.7 Å². The fraction of sp³-hybridized carbons (Fsp3) is 0.421. The van der Waals surface area contributed by atoms with Crippen LogP contribution in [0.2, 0.25) is 0 Å². The van der Waals surface area contributed by atoms with Crippen molar-refractivity contribution in [1.82, 2.24) is 49.8 Å². The first-order valence-corrected chi connectivity index (χ1v) is 49.3. The molecule has 2 aromatic carbocycles. The lowest BCUT2D eigenvalue weighted by Crippen LogP contribution is -2.01. The molecule has 14 nitrogen and oxygen atoms in total. The van der Waals surface area contributed by atoms with Crippen molar-refractivity contribution in [1.29, 1.82) is 0 Å². The Bertz CT molecular complexity index is 5610. The third-order valence-electron chi connectivity index (χ3n) is 24.9. The molecule has 10 aromatic rings. The van der Waals surface area contributed by atoms with Crippen LogP contribution in [-0.2, 0) is 0 Å². The highest BCUT2D eigenvalue weighted by Crippen LogP contribution is 2.41. The molecule has 128 heavy (non-hydrogen) atoms. The van der Waals surface area contributed by atoms with Gasteiger partial charge in [0.25, 0.3) is 0 Å². The normalized spacial score (nSPS) is 11.9. The van der Waals surface area contributed by atoms with Gasteiger partial charge in [-0.05, 0) is 229 Å². The fourth-order valence-electron chi connectivity index (χ4n) is 17.9. The Morgan fingerprint density at radius 3 is 0.812 bits per heavy atom. The molecule has 4 N–H and O–H groups in total. The molecular formula is C114H136N10O4. The number of aromatic amines is 4. The van der Waals surface area contributed by atoms with Crippen molar-refractivity contribution in [2.75, 3.05) is 26.4 Å². The molecule has 666 valence electrons. The van der Waals surface area contributed by atoms with Crippen LogP contribution in [-0.4, -0.2) is 76.3 Å². The van der Waals surface area contributed by atoms with Crippen molar-refractivity contribution in [3.05, 3.63) is 203 Å². The average molecular weight is 1710 g/mol. The summed E-state index contributed by atoms with van der Waals surface area (Å²) in [5.74, 6) is 17.2. The van der Waals surface area contributed by atoms with Crippen molar-refractivity contribution < 1.29 is 18.9 Å². The van der Waals surface area contributed by atoms with Crippen molar-refractivity contribution in [2.24, 2.45) is 0 Å². The van der Waals surface area contributed by atoms with Crippen LogP contribution in [0.5, 0.6) is 23.0 Å². The zero-order valence-electron chi connectivity index (χ0n) is 76.9. The summed E-state index contributed by atoms with van der Waals surface area (Å²) in [6.45, 7) is 11.6. The molecule has 0 amide bonds. The van der Waals surface area contributed by atoms with Crippen LogP contribution in [0.4, 0.5) is 0 Å². The minimum absolute atomic E-state index is 0.615. The van der Waals surface area contributed by atoms with E-state index in [1.54, 1.807) is 0 Å². The van der Waals surface area contributed by atoms with Gasteiger partial charge in [0.15, 0.2) is 0 Å². The molecule has 0 spiro atoms. The molecule has 8 aromatic heterocycles. The Balaban J connectivity index is 0.876. The number of hydrogen-bond acceptors (Lipinski definition) is 10. The molecule has 0 saturated carbocycles. The summed E-state index contributed by atoms with van der Waals surface area (Å²) in [7, 11) is 0. The summed E-state index contributed by atoms with van der Waals surface area (Å²) < 4.78 is 27.2. The van der Waals surface area contributed by atoms with Gasteiger partial charge in [-0.3, -0.25) is 9.97 Å². The Kier molecular flexibility index (Phi) is 36.6. The second-order valence-electron chi connectivity index (χ2n) is 35.2. The van der Waals surface area contributed by atoms with E-state index in [9.17, 15) is 0 Å². The zero-order valence-corrected chi connectivity index (χ0v) is 76.9. The predicted molar refractivity (Wildman–Crippen MR) is 538 cm³/mol. The highest BCUT2D eigenvalue weighted by atomic mass is 16.5. The van der Waals surface area contributed by atoms with Gasteiger partial charge in [-0.15, -0.1) is 0 Å². The standard InChI is InChI=1S/C114H136N10O4/c1-5-9-13-17-21-25-29-33-37-43-73-125-93-77-87(78-94(83-93)126-74-44-38-34-30-26-22-18-14-10-6-2)113-105-55-51-91(119-105)81-89-49-53-103(117-89)111(85-65-69-115-70-66-85)107-61-57-99(121-107)97(101-59-63-109(113)123-101)47-41-42-48-98-100-58-62-108(122-100)112(86-67-71-116-72-68-86)104-54-50-90(118-104)82-92-52-56-106(120-92)114(110-64-60-102(98)124-110)88-79-95(127-75-45-39-35-31-27-23-19-15-11-7-3)84-96(80-88)128-76-46-40-36-32-28-24-20-16-12-8-4/h49-72,77-84,117,120,122-123H,5-40,43-46,73-76H2,1-4H3. The lowest BCUT2D eigenvalue weighted by Gasteiger charge is -2.14. The maximum absolute atomic E-state index is 6.80. The number of fused-ring (bicyclic) bond motifs is 16. The Morgan fingerprint density at radius 2 is 0.492 bits per heavy atom. The van der Waals surface area contributed by atoms with Gasteiger partial charge < -0.3 is 38.9 Å². The van der Waals surface area contributed by atoms with Gasteiger partial charge >= 0.3 is 0 Å². The molecule has 4 aliphatic heterocycles. The number of ether oxygens (including phenoxy) is 4. The van der Waals surface area contributed by atoms with E-state index in [1.165, 1.54) is 205 Å². The third-order valence-corrected chi connectivity index (χ3v) is 24.9. The topological polar surface area (TPSA) is 177 Å². The Morgan fingerprint density at radius 1 is 0.234 bits per heavy atom. The molecule has 0 aliphatic carbocycles. The molecule has 0 saturated heterocycles. The molecule has 0 atom stereocenters. The van der Waals surface area contributed by atoms with E-state index in [2.05, 4.69) is 227 Å². The van der Waals surface area contributed by atoms with Crippen LogP contribution in [0.3, 0.4) is 0 Å².